The maximum Gasteiger partial charge on any atom is 0.255 e. The van der Waals surface area contributed by atoms with Crippen molar-refractivity contribution in [2.75, 3.05) is 25.5 Å². The minimum absolute atomic E-state index is 0.123. The highest BCUT2D eigenvalue weighted by molar-refractivity contribution is 7.18. The molecule has 0 saturated carbocycles. The van der Waals surface area contributed by atoms with Crippen LogP contribution in [-0.2, 0) is 4.79 Å². The summed E-state index contributed by atoms with van der Waals surface area (Å²) in [5.74, 6) is 0.276. The predicted molar refractivity (Wildman–Crippen MR) is 132 cm³/mol. The lowest BCUT2D eigenvalue weighted by Gasteiger charge is -2.23. The van der Waals surface area contributed by atoms with E-state index in [1.807, 2.05) is 31.2 Å². The number of methoxy groups -OCH3 is 1. The normalized spacial score (nSPS) is 10.7. The van der Waals surface area contributed by atoms with Gasteiger partial charge in [0.1, 0.15) is 10.8 Å². The summed E-state index contributed by atoms with van der Waals surface area (Å²) in [4.78, 5) is 27.2. The van der Waals surface area contributed by atoms with E-state index in [4.69, 9.17) is 27.9 Å². The first-order valence-electron chi connectivity index (χ1n) is 10.4. The second-order valence-corrected chi connectivity index (χ2v) is 9.03. The number of ether oxygens (including phenoxy) is 1. The molecule has 0 spiro atoms. The fourth-order valence-electron chi connectivity index (χ4n) is 3.04. The van der Waals surface area contributed by atoms with Crippen molar-refractivity contribution in [1.29, 1.82) is 0 Å². The standard InChI is InChI=1S/C23H24Cl2N4O3S/c1-3-4-12-29(22(31)18-10-7-16(24)14-19(18)25)13-11-20(30)26-23-28-27-21(33-23)15-5-8-17(32-2)9-6-15/h5-10,14H,3-4,11-13H2,1-2H3,(H,26,28,30). The summed E-state index contributed by atoms with van der Waals surface area (Å²) in [6.45, 7) is 2.83. The number of benzene rings is 2. The highest BCUT2D eigenvalue weighted by Crippen LogP contribution is 2.28. The van der Waals surface area contributed by atoms with Gasteiger partial charge in [-0.05, 0) is 48.9 Å². The van der Waals surface area contributed by atoms with E-state index < -0.39 is 0 Å². The van der Waals surface area contributed by atoms with Crippen molar-refractivity contribution in [2.45, 2.75) is 26.2 Å². The fourth-order valence-corrected chi connectivity index (χ4v) is 4.29. The summed E-state index contributed by atoms with van der Waals surface area (Å²) in [7, 11) is 1.61. The molecule has 33 heavy (non-hydrogen) atoms. The number of nitrogens with one attached hydrogen (secondary N) is 1. The molecule has 174 valence electrons. The zero-order chi connectivity index (χ0) is 23.8. The second kappa shape index (κ2) is 12.0. The number of carbonyl (C=O) groups excluding carboxylic acids is 2. The highest BCUT2D eigenvalue weighted by Gasteiger charge is 2.20. The van der Waals surface area contributed by atoms with Crippen LogP contribution >= 0.6 is 34.5 Å². The minimum Gasteiger partial charge on any atom is -0.497 e. The molecule has 0 saturated heterocycles. The number of amides is 2. The molecule has 1 heterocycles. The molecular formula is C23H24Cl2N4O3S. The van der Waals surface area contributed by atoms with Gasteiger partial charge in [0, 0.05) is 30.1 Å². The molecule has 2 aromatic carbocycles. The summed E-state index contributed by atoms with van der Waals surface area (Å²) in [6, 6.07) is 12.2. The maximum atomic E-state index is 13.0. The van der Waals surface area contributed by atoms with Gasteiger partial charge in [-0.15, -0.1) is 10.2 Å². The largest absolute Gasteiger partial charge is 0.497 e. The molecular weight excluding hydrogens is 483 g/mol. The first-order valence-corrected chi connectivity index (χ1v) is 12.0. The van der Waals surface area contributed by atoms with Crippen LogP contribution in [0.15, 0.2) is 42.5 Å². The van der Waals surface area contributed by atoms with E-state index in [9.17, 15) is 9.59 Å². The molecule has 0 radical (unpaired) electrons. The van der Waals surface area contributed by atoms with E-state index in [1.165, 1.54) is 17.4 Å². The Hall–Kier alpha value is -2.68. The van der Waals surface area contributed by atoms with Crippen molar-refractivity contribution in [3.8, 4) is 16.3 Å². The molecule has 0 aliphatic carbocycles. The van der Waals surface area contributed by atoms with E-state index in [2.05, 4.69) is 15.5 Å². The molecule has 3 aromatic rings. The van der Waals surface area contributed by atoms with Crippen molar-refractivity contribution in [3.63, 3.8) is 0 Å². The molecule has 0 aliphatic rings. The Labute approximate surface area is 206 Å². The molecule has 10 heteroatoms. The van der Waals surface area contributed by atoms with Crippen molar-refractivity contribution in [2.24, 2.45) is 0 Å². The highest BCUT2D eigenvalue weighted by atomic mass is 35.5. The molecule has 0 aliphatic heterocycles. The van der Waals surface area contributed by atoms with Crippen LogP contribution in [0.2, 0.25) is 10.0 Å². The smallest absolute Gasteiger partial charge is 0.255 e. The Morgan fingerprint density at radius 1 is 1.09 bits per heavy atom. The summed E-state index contributed by atoms with van der Waals surface area (Å²) in [5, 5.41) is 12.8. The molecule has 1 aromatic heterocycles. The van der Waals surface area contributed by atoms with Crippen LogP contribution < -0.4 is 10.1 Å². The lowest BCUT2D eigenvalue weighted by atomic mass is 10.1. The van der Waals surface area contributed by atoms with E-state index in [0.717, 1.165) is 24.2 Å². The fraction of sp³-hybridized carbons (Fsp3) is 0.304. The van der Waals surface area contributed by atoms with Crippen LogP contribution in [-0.4, -0.2) is 47.1 Å². The summed E-state index contributed by atoms with van der Waals surface area (Å²) in [6.07, 6.45) is 1.86. The van der Waals surface area contributed by atoms with Crippen molar-refractivity contribution < 1.29 is 14.3 Å². The Morgan fingerprint density at radius 2 is 1.85 bits per heavy atom. The monoisotopic (exact) mass is 506 g/mol. The molecule has 0 bridgehead atoms. The molecule has 7 nitrogen and oxygen atoms in total. The third-order valence-electron chi connectivity index (χ3n) is 4.85. The topological polar surface area (TPSA) is 84.4 Å². The number of hydrogen-bond donors (Lipinski definition) is 1. The maximum absolute atomic E-state index is 13.0. The quantitative estimate of drug-likeness (QED) is 0.376. The first kappa shape index (κ1) is 25.0. The summed E-state index contributed by atoms with van der Waals surface area (Å²) >= 11 is 13.4. The van der Waals surface area contributed by atoms with E-state index in [1.54, 1.807) is 24.1 Å². The SMILES string of the molecule is CCCCN(CCC(=O)Nc1nnc(-c2ccc(OC)cc2)s1)C(=O)c1ccc(Cl)cc1Cl. The number of carbonyl (C=O) groups is 2. The van der Waals surface area contributed by atoms with Gasteiger partial charge in [-0.2, -0.15) is 0 Å². The summed E-state index contributed by atoms with van der Waals surface area (Å²) < 4.78 is 5.16. The van der Waals surface area contributed by atoms with Crippen LogP contribution in [0.1, 0.15) is 36.5 Å². The van der Waals surface area contributed by atoms with Gasteiger partial charge >= 0.3 is 0 Å². The van der Waals surface area contributed by atoms with Crippen LogP contribution in [0.25, 0.3) is 10.6 Å². The Bertz CT molecular complexity index is 1110. The van der Waals surface area contributed by atoms with Gasteiger partial charge < -0.3 is 15.0 Å². The number of unbranched alkanes of at least 4 members (excludes halogenated alkanes) is 1. The van der Waals surface area contributed by atoms with Gasteiger partial charge in [-0.1, -0.05) is 47.9 Å². The van der Waals surface area contributed by atoms with E-state index in [-0.39, 0.29) is 24.8 Å². The predicted octanol–water partition coefficient (Wildman–Crippen LogP) is 5.79. The first-order chi connectivity index (χ1) is 15.9. The van der Waals surface area contributed by atoms with Crippen LogP contribution in [0.3, 0.4) is 0 Å². The Kier molecular flexibility index (Phi) is 9.05. The second-order valence-electron chi connectivity index (χ2n) is 7.21. The molecule has 0 unspecified atom stereocenters. The Morgan fingerprint density at radius 3 is 2.52 bits per heavy atom. The van der Waals surface area contributed by atoms with Gasteiger partial charge in [0.15, 0.2) is 0 Å². The third-order valence-corrected chi connectivity index (χ3v) is 6.28. The molecule has 2 amide bonds. The Balaban J connectivity index is 1.61. The third kappa shape index (κ3) is 6.90. The van der Waals surface area contributed by atoms with Gasteiger partial charge in [-0.3, -0.25) is 9.59 Å². The molecule has 0 fully saturated rings. The number of rotatable bonds is 10. The average Bonchev–Trinajstić information content (AvgIpc) is 3.27. The van der Waals surface area contributed by atoms with Crippen molar-refractivity contribution >= 4 is 51.5 Å². The number of hydrogen-bond acceptors (Lipinski definition) is 6. The number of aromatic nitrogens is 2. The zero-order valence-corrected chi connectivity index (χ0v) is 20.6. The minimum atomic E-state index is -0.246. The molecule has 1 N–H and O–H groups in total. The number of anilines is 1. The van der Waals surface area contributed by atoms with Gasteiger partial charge in [0.05, 0.1) is 17.7 Å². The summed E-state index contributed by atoms with van der Waals surface area (Å²) in [5.41, 5.74) is 1.25. The van der Waals surface area contributed by atoms with Gasteiger partial charge in [0.2, 0.25) is 11.0 Å². The van der Waals surface area contributed by atoms with Crippen molar-refractivity contribution in [1.82, 2.24) is 15.1 Å². The van der Waals surface area contributed by atoms with Crippen LogP contribution in [0, 0.1) is 0 Å². The van der Waals surface area contributed by atoms with Crippen molar-refractivity contribution in [3.05, 3.63) is 58.1 Å². The lowest BCUT2D eigenvalue weighted by Crippen LogP contribution is -2.35. The zero-order valence-electron chi connectivity index (χ0n) is 18.3. The van der Waals surface area contributed by atoms with Gasteiger partial charge in [0.25, 0.3) is 5.91 Å². The lowest BCUT2D eigenvalue weighted by molar-refractivity contribution is -0.116. The number of halogens is 2. The van der Waals surface area contributed by atoms with Crippen LogP contribution in [0.4, 0.5) is 5.13 Å². The molecule has 3 rings (SSSR count). The van der Waals surface area contributed by atoms with E-state index in [0.29, 0.717) is 32.3 Å². The van der Waals surface area contributed by atoms with Crippen LogP contribution in [0.5, 0.6) is 5.75 Å². The molecule has 0 atom stereocenters. The van der Waals surface area contributed by atoms with E-state index >= 15 is 0 Å². The van der Waals surface area contributed by atoms with Gasteiger partial charge in [-0.25, -0.2) is 0 Å². The number of nitrogens with zero attached hydrogens (tertiary/aromatic N) is 3. The average molecular weight is 507 g/mol.